The van der Waals surface area contributed by atoms with E-state index in [4.69, 9.17) is 4.74 Å². The number of hydrogen-bond acceptors (Lipinski definition) is 3. The number of piperazine rings is 1. The highest BCUT2D eigenvalue weighted by Gasteiger charge is 2.42. The molecule has 1 heterocycles. The molecular formula is C19H28N2O. The first-order valence-corrected chi connectivity index (χ1v) is 9.06. The highest BCUT2D eigenvalue weighted by Crippen LogP contribution is 2.46. The molecule has 3 atom stereocenters. The number of para-hydroxylation sites is 2. The minimum Gasteiger partial charge on any atom is -0.492 e. The van der Waals surface area contributed by atoms with Crippen molar-refractivity contribution in [3.05, 3.63) is 24.3 Å². The van der Waals surface area contributed by atoms with E-state index in [2.05, 4.69) is 41.0 Å². The maximum atomic E-state index is 5.80. The van der Waals surface area contributed by atoms with Gasteiger partial charge >= 0.3 is 0 Å². The van der Waals surface area contributed by atoms with E-state index < -0.39 is 0 Å². The number of fused-ring (bicyclic) bond motifs is 2. The van der Waals surface area contributed by atoms with Gasteiger partial charge in [-0.2, -0.15) is 0 Å². The molecule has 2 bridgehead atoms. The van der Waals surface area contributed by atoms with Crippen molar-refractivity contribution in [2.24, 2.45) is 11.8 Å². The van der Waals surface area contributed by atoms with E-state index in [0.717, 1.165) is 43.3 Å². The first kappa shape index (κ1) is 14.4. The van der Waals surface area contributed by atoms with Crippen LogP contribution in [0, 0.1) is 11.8 Å². The van der Waals surface area contributed by atoms with Gasteiger partial charge in [-0.15, -0.1) is 0 Å². The van der Waals surface area contributed by atoms with Gasteiger partial charge in [-0.05, 0) is 50.2 Å². The molecule has 0 spiro atoms. The number of ether oxygens (including phenoxy) is 1. The Hall–Kier alpha value is -1.22. The molecule has 120 valence electrons. The van der Waals surface area contributed by atoms with Gasteiger partial charge in [-0.3, -0.25) is 4.90 Å². The second-order valence-corrected chi connectivity index (χ2v) is 7.17. The molecule has 2 aliphatic carbocycles. The van der Waals surface area contributed by atoms with E-state index in [1.807, 2.05) is 0 Å². The van der Waals surface area contributed by atoms with E-state index in [1.165, 1.54) is 44.5 Å². The Kier molecular flexibility index (Phi) is 4.00. The zero-order valence-corrected chi connectivity index (χ0v) is 13.7. The molecule has 0 N–H and O–H groups in total. The van der Waals surface area contributed by atoms with Gasteiger partial charge in [-0.1, -0.05) is 18.6 Å². The summed E-state index contributed by atoms with van der Waals surface area (Å²) in [7, 11) is 0. The molecule has 0 aromatic heterocycles. The number of hydrogen-bond donors (Lipinski definition) is 0. The largest absolute Gasteiger partial charge is 0.492 e. The van der Waals surface area contributed by atoms with E-state index in [1.54, 1.807) is 0 Å². The summed E-state index contributed by atoms with van der Waals surface area (Å²) in [5.41, 5.74) is 1.27. The van der Waals surface area contributed by atoms with Crippen LogP contribution in [0.5, 0.6) is 5.75 Å². The van der Waals surface area contributed by atoms with E-state index in [-0.39, 0.29) is 0 Å². The van der Waals surface area contributed by atoms with Crippen molar-refractivity contribution in [1.29, 1.82) is 0 Å². The summed E-state index contributed by atoms with van der Waals surface area (Å²) in [6, 6.07) is 9.39. The third-order valence-corrected chi connectivity index (χ3v) is 5.99. The molecule has 1 aromatic carbocycles. The first-order valence-electron chi connectivity index (χ1n) is 9.06. The Labute approximate surface area is 134 Å². The fraction of sp³-hybridized carbons (Fsp3) is 0.684. The quantitative estimate of drug-likeness (QED) is 0.847. The van der Waals surface area contributed by atoms with Gasteiger partial charge in [0.25, 0.3) is 0 Å². The minimum atomic E-state index is 0.738. The lowest BCUT2D eigenvalue weighted by atomic mass is 9.93. The number of benzene rings is 1. The zero-order valence-electron chi connectivity index (χ0n) is 13.7. The molecule has 0 radical (unpaired) electrons. The predicted octanol–water partition coefficient (Wildman–Crippen LogP) is 3.40. The smallest absolute Gasteiger partial charge is 0.142 e. The number of rotatable bonds is 4. The fourth-order valence-electron chi connectivity index (χ4n) is 4.95. The van der Waals surface area contributed by atoms with Crippen LogP contribution in [0.25, 0.3) is 0 Å². The highest BCUT2D eigenvalue weighted by molar-refractivity contribution is 5.58. The van der Waals surface area contributed by atoms with Crippen LogP contribution in [0.15, 0.2) is 24.3 Å². The van der Waals surface area contributed by atoms with E-state index >= 15 is 0 Å². The van der Waals surface area contributed by atoms with Gasteiger partial charge in [0.15, 0.2) is 0 Å². The molecule has 3 fully saturated rings. The molecule has 0 unspecified atom stereocenters. The van der Waals surface area contributed by atoms with Gasteiger partial charge in [-0.25, -0.2) is 0 Å². The normalized spacial score (nSPS) is 31.7. The first-order chi connectivity index (χ1) is 10.8. The lowest BCUT2D eigenvalue weighted by Crippen LogP contribution is -2.51. The number of anilines is 1. The highest BCUT2D eigenvalue weighted by atomic mass is 16.5. The van der Waals surface area contributed by atoms with Crippen molar-refractivity contribution < 1.29 is 4.74 Å². The van der Waals surface area contributed by atoms with Gasteiger partial charge in [0.2, 0.25) is 0 Å². The average Bonchev–Trinajstić information content (AvgIpc) is 3.19. The van der Waals surface area contributed by atoms with Gasteiger partial charge in [0.05, 0.1) is 12.3 Å². The van der Waals surface area contributed by atoms with Crippen LogP contribution in [-0.4, -0.2) is 43.7 Å². The maximum Gasteiger partial charge on any atom is 0.142 e. The van der Waals surface area contributed by atoms with Crippen LogP contribution in [0.3, 0.4) is 0 Å². The van der Waals surface area contributed by atoms with Crippen LogP contribution in [0.4, 0.5) is 5.69 Å². The summed E-state index contributed by atoms with van der Waals surface area (Å²) < 4.78 is 5.80. The summed E-state index contributed by atoms with van der Waals surface area (Å²) in [5, 5.41) is 0. The summed E-state index contributed by atoms with van der Waals surface area (Å²) in [6.45, 7) is 7.50. The Morgan fingerprint density at radius 3 is 2.55 bits per heavy atom. The van der Waals surface area contributed by atoms with E-state index in [9.17, 15) is 0 Å². The predicted molar refractivity (Wildman–Crippen MR) is 90.6 cm³/mol. The number of nitrogens with zero attached hydrogens (tertiary/aromatic N) is 2. The van der Waals surface area contributed by atoms with Crippen molar-refractivity contribution in [1.82, 2.24) is 4.90 Å². The Balaban J connectivity index is 1.40. The summed E-state index contributed by atoms with van der Waals surface area (Å²) in [4.78, 5) is 5.29. The minimum absolute atomic E-state index is 0.738. The van der Waals surface area contributed by atoms with Crippen LogP contribution >= 0.6 is 0 Å². The van der Waals surface area contributed by atoms with Crippen molar-refractivity contribution >= 4 is 5.69 Å². The third-order valence-electron chi connectivity index (χ3n) is 5.99. The monoisotopic (exact) mass is 300 g/mol. The molecule has 3 heteroatoms. The molecular weight excluding hydrogens is 272 g/mol. The third kappa shape index (κ3) is 2.60. The van der Waals surface area contributed by atoms with E-state index in [0.29, 0.717) is 0 Å². The van der Waals surface area contributed by atoms with Crippen molar-refractivity contribution in [3.63, 3.8) is 0 Å². The van der Waals surface area contributed by atoms with Crippen LogP contribution in [0.2, 0.25) is 0 Å². The van der Waals surface area contributed by atoms with Gasteiger partial charge < -0.3 is 9.64 Å². The molecule has 3 aliphatic rings. The molecule has 3 nitrogen and oxygen atoms in total. The Morgan fingerprint density at radius 1 is 1.05 bits per heavy atom. The van der Waals surface area contributed by atoms with Crippen molar-refractivity contribution in [2.45, 2.75) is 38.6 Å². The lowest BCUT2D eigenvalue weighted by molar-refractivity contribution is 0.134. The molecule has 2 saturated carbocycles. The summed E-state index contributed by atoms with van der Waals surface area (Å²) in [6.07, 6.45) is 5.98. The zero-order chi connectivity index (χ0) is 14.9. The molecule has 4 rings (SSSR count). The summed E-state index contributed by atoms with van der Waals surface area (Å²) >= 11 is 0. The molecule has 0 amide bonds. The second-order valence-electron chi connectivity index (χ2n) is 7.17. The second kappa shape index (κ2) is 6.11. The van der Waals surface area contributed by atoms with Gasteiger partial charge in [0, 0.05) is 32.2 Å². The maximum absolute atomic E-state index is 5.80. The Morgan fingerprint density at radius 2 is 1.86 bits per heavy atom. The SMILES string of the molecule is CCOc1ccccc1N1CCN([C@@H]2C[C@H]3CC[C@H]2C3)CC1. The van der Waals surface area contributed by atoms with Crippen LogP contribution in [0.1, 0.15) is 32.6 Å². The molecule has 22 heavy (non-hydrogen) atoms. The fourth-order valence-corrected chi connectivity index (χ4v) is 4.95. The molecule has 1 aromatic rings. The van der Waals surface area contributed by atoms with Crippen LogP contribution in [-0.2, 0) is 0 Å². The summed E-state index contributed by atoms with van der Waals surface area (Å²) in [5.74, 6) is 3.09. The molecule has 1 aliphatic heterocycles. The lowest BCUT2D eigenvalue weighted by Gasteiger charge is -2.42. The Bertz CT molecular complexity index is 510. The van der Waals surface area contributed by atoms with Gasteiger partial charge in [0.1, 0.15) is 5.75 Å². The average molecular weight is 300 g/mol. The topological polar surface area (TPSA) is 15.7 Å². The standard InChI is InChI=1S/C19H28N2O/c1-2-22-19-6-4-3-5-17(19)20-9-11-21(12-10-20)18-14-15-7-8-16(18)13-15/h3-6,15-16,18H,2,7-14H2,1H3/t15-,16-,18+/m0/s1. The molecule has 1 saturated heterocycles. The van der Waals surface area contributed by atoms with Crippen molar-refractivity contribution in [3.8, 4) is 5.75 Å². The van der Waals surface area contributed by atoms with Crippen molar-refractivity contribution in [2.75, 3.05) is 37.7 Å². The van der Waals surface area contributed by atoms with Crippen LogP contribution < -0.4 is 9.64 Å².